The van der Waals surface area contributed by atoms with Crippen LogP contribution in [0.1, 0.15) is 16.7 Å². The van der Waals surface area contributed by atoms with E-state index in [9.17, 15) is 4.39 Å². The molecule has 0 aliphatic heterocycles. The van der Waals surface area contributed by atoms with Gasteiger partial charge in [0.05, 0.1) is 11.4 Å². The molecule has 0 fully saturated rings. The van der Waals surface area contributed by atoms with E-state index < -0.39 is 5.82 Å². The molecule has 0 heterocycles. The molecule has 0 atom stereocenters. The zero-order valence-corrected chi connectivity index (χ0v) is 11.8. The topological polar surface area (TPSA) is 33.0 Å². The van der Waals surface area contributed by atoms with Gasteiger partial charge in [0.2, 0.25) is 0 Å². The fourth-order valence-corrected chi connectivity index (χ4v) is 1.78. The number of hydrogen-bond acceptors (Lipinski definition) is 2. The highest BCUT2D eigenvalue weighted by Crippen LogP contribution is 2.16. The van der Waals surface area contributed by atoms with Gasteiger partial charge in [0.1, 0.15) is 24.2 Å². The number of alkyl halides is 1. The van der Waals surface area contributed by atoms with Crippen LogP contribution in [0.25, 0.3) is 0 Å². The summed E-state index contributed by atoms with van der Waals surface area (Å²) in [5, 5.41) is 8.79. The summed E-state index contributed by atoms with van der Waals surface area (Å²) in [5.41, 5.74) is 1.55. The molecule has 0 aliphatic carbocycles. The summed E-state index contributed by atoms with van der Waals surface area (Å²) >= 11 is 5.51. The van der Waals surface area contributed by atoms with Crippen LogP contribution in [-0.2, 0) is 6.61 Å². The van der Waals surface area contributed by atoms with Crippen molar-refractivity contribution in [3.8, 4) is 23.7 Å². The van der Waals surface area contributed by atoms with E-state index in [4.69, 9.17) is 21.6 Å². The number of hydrogen-bond donors (Lipinski definition) is 0. The van der Waals surface area contributed by atoms with E-state index in [2.05, 4.69) is 11.8 Å². The van der Waals surface area contributed by atoms with Crippen LogP contribution in [0.15, 0.2) is 42.5 Å². The summed E-state index contributed by atoms with van der Waals surface area (Å²) in [7, 11) is 0. The van der Waals surface area contributed by atoms with E-state index in [-0.39, 0.29) is 18.1 Å². The van der Waals surface area contributed by atoms with Gasteiger partial charge in [0.25, 0.3) is 0 Å². The highest BCUT2D eigenvalue weighted by Gasteiger charge is 2.03. The number of halogens is 2. The Bertz CT molecular complexity index is 740. The number of benzene rings is 2. The molecular weight excluding hydrogens is 289 g/mol. The summed E-state index contributed by atoms with van der Waals surface area (Å²) in [6.07, 6.45) is 0. The molecule has 21 heavy (non-hydrogen) atoms. The average molecular weight is 300 g/mol. The largest absolute Gasteiger partial charge is 0.489 e. The molecular formula is C17H11ClFNO. The van der Waals surface area contributed by atoms with Crippen LogP contribution in [0, 0.1) is 29.0 Å². The van der Waals surface area contributed by atoms with Crippen LogP contribution in [-0.4, -0.2) is 5.88 Å². The standard InChI is InChI=1S/C17H11ClFNO/c18-8-2-4-13-3-1-5-16(10-13)21-12-14-6-7-17(19)15(9-14)11-20/h1,3,5-7,9-10H,8,12H2. The number of nitrogens with zero attached hydrogens (tertiary/aromatic N) is 1. The van der Waals surface area contributed by atoms with E-state index in [1.165, 1.54) is 12.1 Å². The Morgan fingerprint density at radius 1 is 1.19 bits per heavy atom. The zero-order valence-electron chi connectivity index (χ0n) is 11.1. The van der Waals surface area contributed by atoms with Gasteiger partial charge in [-0.05, 0) is 35.9 Å². The van der Waals surface area contributed by atoms with Gasteiger partial charge in [-0.25, -0.2) is 4.39 Å². The molecule has 4 heteroatoms. The Hall–Kier alpha value is -2.49. The molecule has 104 valence electrons. The third kappa shape index (κ3) is 4.24. The van der Waals surface area contributed by atoms with Crippen molar-refractivity contribution in [1.82, 2.24) is 0 Å². The van der Waals surface area contributed by atoms with Crippen molar-refractivity contribution in [3.63, 3.8) is 0 Å². The lowest BCUT2D eigenvalue weighted by molar-refractivity contribution is 0.306. The molecule has 0 saturated heterocycles. The maximum atomic E-state index is 13.2. The molecule has 0 unspecified atom stereocenters. The molecule has 0 saturated carbocycles. The van der Waals surface area contributed by atoms with Crippen molar-refractivity contribution in [2.75, 3.05) is 5.88 Å². The van der Waals surface area contributed by atoms with Gasteiger partial charge in [0.15, 0.2) is 0 Å². The first-order valence-electron chi connectivity index (χ1n) is 6.19. The van der Waals surface area contributed by atoms with Gasteiger partial charge in [-0.2, -0.15) is 5.26 Å². The molecule has 0 bridgehead atoms. The van der Waals surface area contributed by atoms with Gasteiger partial charge >= 0.3 is 0 Å². The van der Waals surface area contributed by atoms with Gasteiger partial charge in [-0.15, -0.1) is 11.6 Å². The van der Waals surface area contributed by atoms with Crippen molar-refractivity contribution in [3.05, 3.63) is 65.0 Å². The van der Waals surface area contributed by atoms with Crippen LogP contribution >= 0.6 is 11.6 Å². The highest BCUT2D eigenvalue weighted by atomic mass is 35.5. The minimum absolute atomic E-state index is 0.0119. The molecule has 0 spiro atoms. The first kappa shape index (κ1) is 14.9. The summed E-state index contributed by atoms with van der Waals surface area (Å²) in [6, 6.07) is 13.4. The Kier molecular flexibility index (Phi) is 5.21. The van der Waals surface area contributed by atoms with Crippen molar-refractivity contribution >= 4 is 11.6 Å². The van der Waals surface area contributed by atoms with Gasteiger partial charge in [0, 0.05) is 5.56 Å². The zero-order chi connectivity index (χ0) is 15.1. The minimum atomic E-state index is -0.528. The van der Waals surface area contributed by atoms with Gasteiger partial charge in [-0.3, -0.25) is 0 Å². The molecule has 0 aliphatic rings. The Labute approximate surface area is 127 Å². The van der Waals surface area contributed by atoms with Crippen molar-refractivity contribution in [1.29, 1.82) is 5.26 Å². The predicted molar refractivity (Wildman–Crippen MR) is 79.5 cm³/mol. The molecule has 2 nitrogen and oxygen atoms in total. The highest BCUT2D eigenvalue weighted by molar-refractivity contribution is 6.19. The molecule has 0 N–H and O–H groups in total. The number of nitriles is 1. The Morgan fingerprint density at radius 2 is 2.05 bits per heavy atom. The molecule has 2 aromatic rings. The maximum Gasteiger partial charge on any atom is 0.140 e. The fraction of sp³-hybridized carbons (Fsp3) is 0.118. The third-order valence-corrected chi connectivity index (χ3v) is 2.82. The summed E-state index contributed by atoms with van der Waals surface area (Å²) in [4.78, 5) is 0. The second-order valence-electron chi connectivity index (χ2n) is 4.18. The second-order valence-corrected chi connectivity index (χ2v) is 4.45. The van der Waals surface area contributed by atoms with E-state index in [0.29, 0.717) is 5.75 Å². The van der Waals surface area contributed by atoms with Gasteiger partial charge < -0.3 is 4.74 Å². The van der Waals surface area contributed by atoms with Crippen molar-refractivity contribution in [2.24, 2.45) is 0 Å². The van der Waals surface area contributed by atoms with Crippen molar-refractivity contribution < 1.29 is 9.13 Å². The Balaban J connectivity index is 2.08. The normalized spacial score (nSPS) is 9.38. The molecule has 0 radical (unpaired) electrons. The maximum absolute atomic E-state index is 13.2. The molecule has 0 amide bonds. The monoisotopic (exact) mass is 299 g/mol. The predicted octanol–water partition coefficient (Wildman–Crippen LogP) is 3.87. The minimum Gasteiger partial charge on any atom is -0.489 e. The first-order chi connectivity index (χ1) is 10.2. The fourth-order valence-electron chi connectivity index (χ4n) is 1.71. The van der Waals surface area contributed by atoms with Crippen LogP contribution < -0.4 is 4.74 Å². The van der Waals surface area contributed by atoms with E-state index in [0.717, 1.165) is 11.1 Å². The molecule has 2 aromatic carbocycles. The summed E-state index contributed by atoms with van der Waals surface area (Å²) in [6.45, 7) is 0.251. The van der Waals surface area contributed by atoms with E-state index in [1.807, 2.05) is 12.1 Å². The summed E-state index contributed by atoms with van der Waals surface area (Å²) < 4.78 is 18.8. The molecule has 2 rings (SSSR count). The van der Waals surface area contributed by atoms with Crippen LogP contribution in [0.4, 0.5) is 4.39 Å². The summed E-state index contributed by atoms with van der Waals surface area (Å²) in [5.74, 6) is 6.07. The average Bonchev–Trinajstić information content (AvgIpc) is 2.52. The van der Waals surface area contributed by atoms with Crippen LogP contribution in [0.5, 0.6) is 5.75 Å². The smallest absolute Gasteiger partial charge is 0.140 e. The van der Waals surface area contributed by atoms with E-state index >= 15 is 0 Å². The third-order valence-electron chi connectivity index (χ3n) is 2.69. The van der Waals surface area contributed by atoms with Gasteiger partial charge in [-0.1, -0.05) is 24.0 Å². The lowest BCUT2D eigenvalue weighted by Gasteiger charge is -2.07. The molecule has 0 aromatic heterocycles. The SMILES string of the molecule is N#Cc1cc(COc2cccc(C#CCCl)c2)ccc1F. The number of rotatable bonds is 3. The quantitative estimate of drug-likeness (QED) is 0.637. The lowest BCUT2D eigenvalue weighted by Crippen LogP contribution is -1.97. The van der Waals surface area contributed by atoms with Crippen molar-refractivity contribution in [2.45, 2.75) is 6.61 Å². The number of ether oxygens (including phenoxy) is 1. The lowest BCUT2D eigenvalue weighted by atomic mass is 10.1. The first-order valence-corrected chi connectivity index (χ1v) is 6.72. The van der Waals surface area contributed by atoms with Crippen LogP contribution in [0.2, 0.25) is 0 Å². The Morgan fingerprint density at radius 3 is 2.81 bits per heavy atom. The van der Waals surface area contributed by atoms with E-state index in [1.54, 1.807) is 24.3 Å². The second kappa shape index (κ2) is 7.33. The van der Waals surface area contributed by atoms with Crippen LogP contribution in [0.3, 0.4) is 0 Å².